The van der Waals surface area contributed by atoms with Crippen molar-refractivity contribution in [3.63, 3.8) is 0 Å². The summed E-state index contributed by atoms with van der Waals surface area (Å²) in [5, 5.41) is 9.48. The lowest BCUT2D eigenvalue weighted by Crippen LogP contribution is -2.30. The van der Waals surface area contributed by atoms with Crippen LogP contribution in [0.25, 0.3) is 0 Å². The van der Waals surface area contributed by atoms with Crippen LogP contribution in [0.3, 0.4) is 0 Å². The number of hydrogen-bond acceptors (Lipinski definition) is 4. The third-order valence-corrected chi connectivity index (χ3v) is 5.12. The van der Waals surface area contributed by atoms with Crippen LogP contribution in [0.4, 0.5) is 5.00 Å². The molecular weight excluding hydrogens is 266 g/mol. The van der Waals surface area contributed by atoms with Gasteiger partial charge < -0.3 is 5.11 Å². The summed E-state index contributed by atoms with van der Waals surface area (Å²) in [4.78, 5) is 36.9. The molecule has 0 bridgehead atoms. The average Bonchev–Trinajstić information content (AvgIpc) is 2.99. The number of aromatic carboxylic acids is 1. The maximum atomic E-state index is 12.3. The molecule has 0 aromatic carbocycles. The second-order valence-corrected chi connectivity index (χ2v) is 6.09. The largest absolute Gasteiger partial charge is 0.477 e. The molecule has 1 aliphatic heterocycles. The minimum Gasteiger partial charge on any atom is -0.477 e. The Hall–Kier alpha value is -1.69. The first-order chi connectivity index (χ1) is 9.00. The van der Waals surface area contributed by atoms with Gasteiger partial charge in [-0.15, -0.1) is 11.3 Å². The standard InChI is InChI=1S/C13H13NO4S/c1-6-5-9(19-10(6)13(17)18)14-11(15)7-3-2-4-8(7)12(14)16/h5,7-8H,2-4H2,1H3,(H,17,18). The number of carbonyl (C=O) groups excluding carboxylic acids is 2. The zero-order chi connectivity index (χ0) is 13.7. The van der Waals surface area contributed by atoms with Gasteiger partial charge in [-0.1, -0.05) is 6.42 Å². The molecule has 2 heterocycles. The molecule has 1 aromatic heterocycles. The summed E-state index contributed by atoms with van der Waals surface area (Å²) in [5.41, 5.74) is 0.588. The van der Waals surface area contributed by atoms with Gasteiger partial charge in [0.05, 0.1) is 11.8 Å². The normalized spacial score (nSPS) is 26.1. The third kappa shape index (κ3) is 1.70. The van der Waals surface area contributed by atoms with E-state index in [1.54, 1.807) is 13.0 Å². The molecule has 19 heavy (non-hydrogen) atoms. The molecule has 1 N–H and O–H groups in total. The fraction of sp³-hybridized carbons (Fsp3) is 0.462. The van der Waals surface area contributed by atoms with E-state index in [1.165, 1.54) is 4.90 Å². The molecule has 1 aromatic rings. The van der Waals surface area contributed by atoms with Crippen molar-refractivity contribution in [1.82, 2.24) is 0 Å². The van der Waals surface area contributed by atoms with Crippen molar-refractivity contribution >= 4 is 34.1 Å². The van der Waals surface area contributed by atoms with Crippen molar-refractivity contribution in [2.45, 2.75) is 26.2 Å². The van der Waals surface area contributed by atoms with Gasteiger partial charge in [0.15, 0.2) is 0 Å². The fourth-order valence-electron chi connectivity index (χ4n) is 3.00. The van der Waals surface area contributed by atoms with Crippen LogP contribution in [0, 0.1) is 18.8 Å². The first-order valence-corrected chi connectivity index (χ1v) is 7.04. The Labute approximate surface area is 113 Å². The van der Waals surface area contributed by atoms with Crippen LogP contribution >= 0.6 is 11.3 Å². The number of nitrogens with zero attached hydrogens (tertiary/aromatic N) is 1. The molecule has 2 atom stereocenters. The number of amides is 2. The van der Waals surface area contributed by atoms with Crippen LogP contribution in [-0.4, -0.2) is 22.9 Å². The number of carbonyl (C=O) groups is 3. The molecule has 100 valence electrons. The average molecular weight is 279 g/mol. The van der Waals surface area contributed by atoms with Crippen LogP contribution in [0.5, 0.6) is 0 Å². The first kappa shape index (κ1) is 12.3. The van der Waals surface area contributed by atoms with E-state index in [4.69, 9.17) is 5.11 Å². The molecule has 2 amide bonds. The van der Waals surface area contributed by atoms with Crippen molar-refractivity contribution in [2.24, 2.45) is 11.8 Å². The van der Waals surface area contributed by atoms with Gasteiger partial charge in [0, 0.05) is 0 Å². The fourth-order valence-corrected chi connectivity index (χ4v) is 4.02. The number of anilines is 1. The number of aryl methyl sites for hydroxylation is 1. The van der Waals surface area contributed by atoms with E-state index in [1.807, 2.05) is 0 Å². The van der Waals surface area contributed by atoms with Gasteiger partial charge in [0.25, 0.3) is 0 Å². The number of imide groups is 1. The van der Waals surface area contributed by atoms with Crippen LogP contribution in [-0.2, 0) is 9.59 Å². The summed E-state index contributed by atoms with van der Waals surface area (Å²) in [5.74, 6) is -1.73. The monoisotopic (exact) mass is 279 g/mol. The van der Waals surface area contributed by atoms with Crippen molar-refractivity contribution in [3.8, 4) is 0 Å². The number of carboxylic acid groups (broad SMARTS) is 1. The van der Waals surface area contributed by atoms with Crippen LogP contribution < -0.4 is 4.90 Å². The number of hydrogen-bond donors (Lipinski definition) is 1. The molecule has 0 spiro atoms. The molecule has 2 fully saturated rings. The second-order valence-electron chi connectivity index (χ2n) is 5.06. The van der Waals surface area contributed by atoms with Crippen molar-refractivity contribution in [3.05, 3.63) is 16.5 Å². The highest BCUT2D eigenvalue weighted by molar-refractivity contribution is 7.18. The van der Waals surface area contributed by atoms with E-state index < -0.39 is 5.97 Å². The van der Waals surface area contributed by atoms with Crippen LogP contribution in [0.15, 0.2) is 6.07 Å². The Morgan fingerprint density at radius 1 is 1.32 bits per heavy atom. The van der Waals surface area contributed by atoms with E-state index >= 15 is 0 Å². The molecule has 2 unspecified atom stereocenters. The predicted molar refractivity (Wildman–Crippen MR) is 69.3 cm³/mol. The predicted octanol–water partition coefficient (Wildman–Crippen LogP) is 2.04. The SMILES string of the molecule is Cc1cc(N2C(=O)C3CCCC3C2=O)sc1C(=O)O. The number of fused-ring (bicyclic) bond motifs is 1. The quantitative estimate of drug-likeness (QED) is 0.841. The summed E-state index contributed by atoms with van der Waals surface area (Å²) in [7, 11) is 0. The number of thiophene rings is 1. The van der Waals surface area contributed by atoms with Gasteiger partial charge >= 0.3 is 5.97 Å². The second kappa shape index (κ2) is 4.16. The molecule has 0 radical (unpaired) electrons. The van der Waals surface area contributed by atoms with Gasteiger partial charge in [0.2, 0.25) is 11.8 Å². The Morgan fingerprint density at radius 3 is 2.37 bits per heavy atom. The topological polar surface area (TPSA) is 74.7 Å². The molecule has 1 aliphatic carbocycles. The zero-order valence-electron chi connectivity index (χ0n) is 10.4. The highest BCUT2D eigenvalue weighted by Gasteiger charge is 2.50. The minimum atomic E-state index is -1.02. The van der Waals surface area contributed by atoms with Crippen molar-refractivity contribution < 1.29 is 19.5 Å². The lowest BCUT2D eigenvalue weighted by atomic mass is 10.00. The summed E-state index contributed by atoms with van der Waals surface area (Å²) in [6.07, 6.45) is 2.45. The maximum Gasteiger partial charge on any atom is 0.346 e. The summed E-state index contributed by atoms with van der Waals surface area (Å²) in [6.45, 7) is 1.68. The molecule has 6 heteroatoms. The smallest absolute Gasteiger partial charge is 0.346 e. The van der Waals surface area contributed by atoms with Gasteiger partial charge in [-0.3, -0.25) is 9.59 Å². The van der Waals surface area contributed by atoms with E-state index in [2.05, 4.69) is 0 Å². The van der Waals surface area contributed by atoms with Gasteiger partial charge in [0.1, 0.15) is 9.88 Å². The Morgan fingerprint density at radius 2 is 1.89 bits per heavy atom. The van der Waals surface area contributed by atoms with E-state index in [0.717, 1.165) is 30.6 Å². The molecule has 2 aliphatic rings. The Balaban J connectivity index is 1.99. The highest BCUT2D eigenvalue weighted by Crippen LogP contribution is 2.43. The number of rotatable bonds is 2. The van der Waals surface area contributed by atoms with Gasteiger partial charge in [-0.25, -0.2) is 9.69 Å². The van der Waals surface area contributed by atoms with Crippen molar-refractivity contribution in [2.75, 3.05) is 4.90 Å². The zero-order valence-corrected chi connectivity index (χ0v) is 11.2. The minimum absolute atomic E-state index is 0.161. The van der Waals surface area contributed by atoms with Crippen LogP contribution in [0.1, 0.15) is 34.5 Å². The van der Waals surface area contributed by atoms with E-state index in [-0.39, 0.29) is 28.5 Å². The summed E-state index contributed by atoms with van der Waals surface area (Å²) < 4.78 is 0. The molecule has 1 saturated heterocycles. The molecule has 5 nitrogen and oxygen atoms in total. The lowest BCUT2D eigenvalue weighted by molar-refractivity contribution is -0.122. The van der Waals surface area contributed by atoms with Crippen molar-refractivity contribution in [1.29, 1.82) is 0 Å². The first-order valence-electron chi connectivity index (χ1n) is 6.22. The Bertz CT molecular complexity index is 569. The molecule has 1 saturated carbocycles. The number of carboxylic acids is 1. The molecular formula is C13H13NO4S. The maximum absolute atomic E-state index is 12.3. The Kier molecular flexibility index (Phi) is 2.70. The van der Waals surface area contributed by atoms with E-state index in [9.17, 15) is 14.4 Å². The van der Waals surface area contributed by atoms with E-state index in [0.29, 0.717) is 10.6 Å². The summed E-state index contributed by atoms with van der Waals surface area (Å²) >= 11 is 0.996. The van der Waals surface area contributed by atoms with Crippen LogP contribution in [0.2, 0.25) is 0 Å². The van der Waals surface area contributed by atoms with Gasteiger partial charge in [-0.2, -0.15) is 0 Å². The lowest BCUT2D eigenvalue weighted by Gasteiger charge is -2.12. The molecule has 3 rings (SSSR count). The highest BCUT2D eigenvalue weighted by atomic mass is 32.1. The third-order valence-electron chi connectivity index (χ3n) is 3.91. The summed E-state index contributed by atoms with van der Waals surface area (Å²) in [6, 6.07) is 1.62. The van der Waals surface area contributed by atoms with Gasteiger partial charge in [-0.05, 0) is 31.4 Å².